The first-order valence-electron chi connectivity index (χ1n) is 9.14. The molecule has 2 fully saturated rings. The van der Waals surface area contributed by atoms with E-state index in [4.69, 9.17) is 4.98 Å². The van der Waals surface area contributed by atoms with Crippen LogP contribution < -0.4 is 5.32 Å². The summed E-state index contributed by atoms with van der Waals surface area (Å²) in [5.74, 6) is 1.49. The molecule has 0 radical (unpaired) electrons. The molecule has 2 aliphatic rings. The van der Waals surface area contributed by atoms with Crippen LogP contribution in [0.15, 0.2) is 6.07 Å². The van der Waals surface area contributed by atoms with Crippen molar-refractivity contribution >= 4 is 5.95 Å². The molecular weight excluding hydrogens is 286 g/mol. The average molecular weight is 317 g/mol. The van der Waals surface area contributed by atoms with Gasteiger partial charge in [0, 0.05) is 56.1 Å². The van der Waals surface area contributed by atoms with Crippen LogP contribution in [0.4, 0.5) is 5.95 Å². The van der Waals surface area contributed by atoms with E-state index < -0.39 is 0 Å². The Morgan fingerprint density at radius 1 is 1.22 bits per heavy atom. The van der Waals surface area contributed by atoms with E-state index in [2.05, 4.69) is 47.1 Å². The van der Waals surface area contributed by atoms with Gasteiger partial charge in [0.05, 0.1) is 0 Å². The summed E-state index contributed by atoms with van der Waals surface area (Å²) in [5, 5.41) is 3.45. The molecule has 0 amide bonds. The van der Waals surface area contributed by atoms with E-state index >= 15 is 0 Å². The van der Waals surface area contributed by atoms with Crippen molar-refractivity contribution in [3.63, 3.8) is 0 Å². The van der Waals surface area contributed by atoms with Gasteiger partial charge in [0.15, 0.2) is 0 Å². The Morgan fingerprint density at radius 3 is 2.61 bits per heavy atom. The van der Waals surface area contributed by atoms with Crippen molar-refractivity contribution in [1.29, 1.82) is 0 Å². The Balaban J connectivity index is 1.47. The first kappa shape index (κ1) is 16.7. The molecule has 1 aromatic rings. The lowest BCUT2D eigenvalue weighted by atomic mass is 9.83. The van der Waals surface area contributed by atoms with Crippen molar-refractivity contribution in [3.8, 4) is 0 Å². The van der Waals surface area contributed by atoms with Crippen LogP contribution in [-0.4, -0.2) is 65.6 Å². The summed E-state index contributed by atoms with van der Waals surface area (Å²) in [7, 11) is 2.21. The highest BCUT2D eigenvalue weighted by molar-refractivity contribution is 5.29. The van der Waals surface area contributed by atoms with Crippen molar-refractivity contribution in [2.24, 2.45) is 0 Å². The molecule has 5 nitrogen and oxygen atoms in total. The second-order valence-electron chi connectivity index (χ2n) is 7.29. The van der Waals surface area contributed by atoms with Crippen LogP contribution in [0.5, 0.6) is 0 Å². The summed E-state index contributed by atoms with van der Waals surface area (Å²) in [6.45, 7) is 10.1. The number of aryl methyl sites for hydroxylation is 1. The molecular formula is C18H31N5. The Labute approximate surface area is 140 Å². The van der Waals surface area contributed by atoms with Crippen molar-refractivity contribution in [2.75, 3.05) is 45.1 Å². The lowest BCUT2D eigenvalue weighted by Crippen LogP contribution is -2.48. The third kappa shape index (κ3) is 4.42. The summed E-state index contributed by atoms with van der Waals surface area (Å²) < 4.78 is 0. The molecule has 1 N–H and O–H groups in total. The van der Waals surface area contributed by atoms with E-state index in [1.54, 1.807) is 0 Å². The van der Waals surface area contributed by atoms with E-state index in [1.807, 2.05) is 0 Å². The third-order valence-electron chi connectivity index (χ3n) is 5.40. The minimum atomic E-state index is 0.618. The van der Waals surface area contributed by atoms with Crippen LogP contribution in [0, 0.1) is 6.92 Å². The quantitative estimate of drug-likeness (QED) is 0.873. The number of hydrogen-bond donors (Lipinski definition) is 1. The number of nitrogens with one attached hydrogen (secondary N) is 1. The van der Waals surface area contributed by atoms with Crippen LogP contribution in [0.1, 0.15) is 49.9 Å². The molecule has 1 aromatic heterocycles. The molecule has 2 heterocycles. The van der Waals surface area contributed by atoms with Crippen LogP contribution >= 0.6 is 0 Å². The van der Waals surface area contributed by atoms with Crippen molar-refractivity contribution in [1.82, 2.24) is 19.8 Å². The maximum atomic E-state index is 4.73. The summed E-state index contributed by atoms with van der Waals surface area (Å²) in [5.41, 5.74) is 2.31. The zero-order valence-corrected chi connectivity index (χ0v) is 14.9. The number of aromatic nitrogens is 2. The minimum Gasteiger partial charge on any atom is -0.354 e. The van der Waals surface area contributed by atoms with Gasteiger partial charge >= 0.3 is 0 Å². The molecule has 1 aliphatic heterocycles. The average Bonchev–Trinajstić information content (AvgIpc) is 2.45. The van der Waals surface area contributed by atoms with Gasteiger partial charge in [0.2, 0.25) is 5.95 Å². The fourth-order valence-corrected chi connectivity index (χ4v) is 3.42. The Hall–Kier alpha value is -1.20. The molecule has 0 aromatic carbocycles. The van der Waals surface area contributed by atoms with Crippen molar-refractivity contribution < 1.29 is 0 Å². The Bertz CT molecular complexity index is 506. The van der Waals surface area contributed by atoms with E-state index in [1.165, 1.54) is 51.1 Å². The number of likely N-dealkylation sites (N-methyl/N-ethyl adjacent to an activating group) is 1. The van der Waals surface area contributed by atoms with Gasteiger partial charge in [-0.05, 0) is 46.2 Å². The zero-order chi connectivity index (χ0) is 16.2. The van der Waals surface area contributed by atoms with Gasteiger partial charge in [-0.25, -0.2) is 9.97 Å². The molecule has 1 unspecified atom stereocenters. The summed E-state index contributed by atoms with van der Waals surface area (Å²) in [6.07, 6.45) is 5.06. The van der Waals surface area contributed by atoms with E-state index in [9.17, 15) is 0 Å². The Kier molecular flexibility index (Phi) is 5.49. The highest BCUT2D eigenvalue weighted by Crippen LogP contribution is 2.35. The van der Waals surface area contributed by atoms with Gasteiger partial charge < -0.3 is 10.2 Å². The Morgan fingerprint density at radius 2 is 1.96 bits per heavy atom. The monoisotopic (exact) mass is 317 g/mol. The number of piperazine rings is 1. The molecule has 1 saturated carbocycles. The predicted octanol–water partition coefficient (Wildman–Crippen LogP) is 2.49. The highest BCUT2D eigenvalue weighted by atomic mass is 15.3. The first-order valence-corrected chi connectivity index (χ1v) is 9.14. The molecule has 1 atom stereocenters. The maximum Gasteiger partial charge on any atom is 0.223 e. The number of rotatable bonds is 6. The van der Waals surface area contributed by atoms with Crippen LogP contribution in [0.2, 0.25) is 0 Å². The highest BCUT2D eigenvalue weighted by Gasteiger charge is 2.22. The van der Waals surface area contributed by atoms with E-state index in [0.717, 1.165) is 24.6 Å². The van der Waals surface area contributed by atoms with Gasteiger partial charge in [-0.15, -0.1) is 0 Å². The standard InChI is InChI=1S/C18H31N5/c1-14-13-17(16-5-4-6-16)21-18(20-14)19-8-7-15(2)23-11-9-22(3)10-12-23/h13,15-16H,4-12H2,1-3H3,(H,19,20,21). The van der Waals surface area contributed by atoms with Crippen LogP contribution in [0.3, 0.4) is 0 Å². The van der Waals surface area contributed by atoms with E-state index in [-0.39, 0.29) is 0 Å². The molecule has 5 heteroatoms. The zero-order valence-electron chi connectivity index (χ0n) is 14.9. The van der Waals surface area contributed by atoms with Gasteiger partial charge in [-0.2, -0.15) is 0 Å². The smallest absolute Gasteiger partial charge is 0.223 e. The molecule has 128 valence electrons. The predicted molar refractivity (Wildman–Crippen MR) is 95.0 cm³/mol. The fourth-order valence-electron chi connectivity index (χ4n) is 3.42. The largest absolute Gasteiger partial charge is 0.354 e. The molecule has 23 heavy (non-hydrogen) atoms. The molecule has 1 saturated heterocycles. The molecule has 3 rings (SSSR count). The molecule has 1 aliphatic carbocycles. The summed E-state index contributed by atoms with van der Waals surface area (Å²) in [6, 6.07) is 2.77. The minimum absolute atomic E-state index is 0.618. The van der Waals surface area contributed by atoms with Crippen molar-refractivity contribution in [3.05, 3.63) is 17.5 Å². The molecule has 0 bridgehead atoms. The second kappa shape index (κ2) is 7.58. The summed E-state index contributed by atoms with van der Waals surface area (Å²) >= 11 is 0. The second-order valence-corrected chi connectivity index (χ2v) is 7.29. The summed E-state index contributed by atoms with van der Waals surface area (Å²) in [4.78, 5) is 14.3. The number of hydrogen-bond acceptors (Lipinski definition) is 5. The normalized spacial score (nSPS) is 21.9. The van der Waals surface area contributed by atoms with Crippen molar-refractivity contribution in [2.45, 2.75) is 51.5 Å². The number of anilines is 1. The maximum absolute atomic E-state index is 4.73. The number of nitrogens with zero attached hydrogens (tertiary/aromatic N) is 4. The first-order chi connectivity index (χ1) is 11.1. The fraction of sp³-hybridized carbons (Fsp3) is 0.778. The third-order valence-corrected chi connectivity index (χ3v) is 5.40. The van der Waals surface area contributed by atoms with Gasteiger partial charge in [0.25, 0.3) is 0 Å². The lowest BCUT2D eigenvalue weighted by molar-refractivity contribution is 0.116. The van der Waals surface area contributed by atoms with Gasteiger partial charge in [-0.1, -0.05) is 6.42 Å². The SMILES string of the molecule is Cc1cc(C2CCC2)nc(NCCC(C)N2CCN(C)CC2)n1. The van der Waals surface area contributed by atoms with Crippen LogP contribution in [0.25, 0.3) is 0 Å². The van der Waals surface area contributed by atoms with Gasteiger partial charge in [0.1, 0.15) is 0 Å². The van der Waals surface area contributed by atoms with Gasteiger partial charge in [-0.3, -0.25) is 4.90 Å². The topological polar surface area (TPSA) is 44.3 Å². The lowest BCUT2D eigenvalue weighted by Gasteiger charge is -2.36. The molecule has 0 spiro atoms. The van der Waals surface area contributed by atoms with E-state index in [0.29, 0.717) is 12.0 Å². The van der Waals surface area contributed by atoms with Crippen LogP contribution in [-0.2, 0) is 0 Å².